The van der Waals surface area contributed by atoms with E-state index in [9.17, 15) is 4.39 Å². The second-order valence-electron chi connectivity index (χ2n) is 4.76. The maximum atomic E-state index is 13.5. The fourth-order valence-electron chi connectivity index (χ4n) is 2.16. The Balaban J connectivity index is 1.87. The molecule has 0 bridgehead atoms. The van der Waals surface area contributed by atoms with Gasteiger partial charge in [0.1, 0.15) is 5.82 Å². The Morgan fingerprint density at radius 1 is 1.14 bits per heavy atom. The zero-order valence-electron chi connectivity index (χ0n) is 11.1. The third kappa shape index (κ3) is 2.97. The molecule has 5 heteroatoms. The molecule has 3 rings (SSSR count). The minimum absolute atomic E-state index is 0.268. The fraction of sp³-hybridized carbons (Fsp3) is 0.0625. The number of aromatic nitrogens is 2. The van der Waals surface area contributed by atoms with Crippen molar-refractivity contribution in [1.82, 2.24) is 9.78 Å². The van der Waals surface area contributed by atoms with Crippen molar-refractivity contribution < 1.29 is 4.39 Å². The van der Waals surface area contributed by atoms with Gasteiger partial charge in [0.25, 0.3) is 0 Å². The van der Waals surface area contributed by atoms with Gasteiger partial charge in [0.05, 0.1) is 17.2 Å². The summed E-state index contributed by atoms with van der Waals surface area (Å²) in [6.45, 7) is 0.501. The van der Waals surface area contributed by atoms with Crippen LogP contribution in [0, 0.1) is 5.82 Å². The van der Waals surface area contributed by atoms with Crippen LogP contribution in [0.4, 0.5) is 10.1 Å². The molecule has 21 heavy (non-hydrogen) atoms. The van der Waals surface area contributed by atoms with Crippen LogP contribution in [0.15, 0.2) is 59.3 Å². The molecule has 3 nitrogen and oxygen atoms in total. The predicted octanol–water partition coefficient (Wildman–Crippen LogP) is 4.08. The molecule has 106 valence electrons. The van der Waals surface area contributed by atoms with Crippen LogP contribution in [0.1, 0.15) is 5.56 Å². The Kier molecular flexibility index (Phi) is 3.75. The van der Waals surface area contributed by atoms with E-state index in [-0.39, 0.29) is 5.82 Å². The van der Waals surface area contributed by atoms with Crippen molar-refractivity contribution in [2.75, 3.05) is 5.73 Å². The van der Waals surface area contributed by atoms with Crippen LogP contribution < -0.4 is 5.73 Å². The average Bonchev–Trinajstić information content (AvgIpc) is 2.93. The van der Waals surface area contributed by atoms with Gasteiger partial charge < -0.3 is 5.73 Å². The quantitative estimate of drug-likeness (QED) is 0.726. The van der Waals surface area contributed by atoms with Crippen molar-refractivity contribution in [3.8, 4) is 11.1 Å². The zero-order valence-corrected chi connectivity index (χ0v) is 12.7. The van der Waals surface area contributed by atoms with Gasteiger partial charge in [-0.2, -0.15) is 5.10 Å². The Hall–Kier alpha value is -2.14. The average molecular weight is 346 g/mol. The molecule has 0 fully saturated rings. The number of hydrogen-bond donors (Lipinski definition) is 1. The van der Waals surface area contributed by atoms with Crippen LogP contribution in [0.2, 0.25) is 0 Å². The normalized spacial score (nSPS) is 10.8. The van der Waals surface area contributed by atoms with Crippen LogP contribution in [0.5, 0.6) is 0 Å². The highest BCUT2D eigenvalue weighted by Gasteiger charge is 2.07. The number of rotatable bonds is 3. The van der Waals surface area contributed by atoms with Gasteiger partial charge in [0, 0.05) is 17.4 Å². The van der Waals surface area contributed by atoms with E-state index < -0.39 is 0 Å². The summed E-state index contributed by atoms with van der Waals surface area (Å²) in [6, 6.07) is 12.6. The van der Waals surface area contributed by atoms with Crippen LogP contribution >= 0.6 is 15.9 Å². The van der Waals surface area contributed by atoms with E-state index in [2.05, 4.69) is 21.0 Å². The first-order chi connectivity index (χ1) is 10.1. The number of benzene rings is 2. The number of anilines is 1. The second kappa shape index (κ2) is 5.69. The molecule has 0 saturated heterocycles. The molecule has 2 N–H and O–H groups in total. The fourth-order valence-corrected chi connectivity index (χ4v) is 2.55. The van der Waals surface area contributed by atoms with Gasteiger partial charge >= 0.3 is 0 Å². The lowest BCUT2D eigenvalue weighted by Gasteiger charge is -2.05. The molecule has 0 spiro atoms. The minimum Gasteiger partial charge on any atom is -0.399 e. The molecule has 0 aliphatic heterocycles. The minimum atomic E-state index is -0.268. The molecule has 2 aromatic carbocycles. The maximum Gasteiger partial charge on any atom is 0.137 e. The van der Waals surface area contributed by atoms with Crippen molar-refractivity contribution in [3.05, 3.63) is 70.7 Å². The summed E-state index contributed by atoms with van der Waals surface area (Å²) >= 11 is 3.27. The summed E-state index contributed by atoms with van der Waals surface area (Å²) in [6.07, 6.45) is 3.70. The molecule has 0 saturated carbocycles. The molecule has 0 amide bonds. The maximum absolute atomic E-state index is 13.5. The molecule has 3 aromatic rings. The molecular weight excluding hydrogens is 333 g/mol. The molecule has 0 radical (unpaired) electrons. The molecule has 1 heterocycles. The number of hydrogen-bond acceptors (Lipinski definition) is 2. The third-order valence-electron chi connectivity index (χ3n) is 3.22. The highest BCUT2D eigenvalue weighted by Crippen LogP contribution is 2.23. The summed E-state index contributed by atoms with van der Waals surface area (Å²) in [5, 5.41) is 4.32. The summed E-state index contributed by atoms with van der Waals surface area (Å²) < 4.78 is 15.8. The van der Waals surface area contributed by atoms with Crippen LogP contribution in [-0.2, 0) is 6.54 Å². The molecule has 1 aromatic heterocycles. The summed E-state index contributed by atoms with van der Waals surface area (Å²) in [7, 11) is 0. The molecule has 0 aliphatic carbocycles. The standard InChI is InChI=1S/C16H13BrFN3/c17-16-12(4-2-6-15(16)18)9-21-10-13(8-20-21)11-3-1-5-14(19)7-11/h1-8,10H,9,19H2. The highest BCUT2D eigenvalue weighted by atomic mass is 79.9. The molecular formula is C16H13BrFN3. The number of nitrogens with two attached hydrogens (primary N) is 1. The largest absolute Gasteiger partial charge is 0.399 e. The molecule has 0 unspecified atom stereocenters. The van der Waals surface area contributed by atoms with Crippen molar-refractivity contribution in [2.45, 2.75) is 6.54 Å². The summed E-state index contributed by atoms with van der Waals surface area (Å²) in [5.41, 5.74) is 9.34. The van der Waals surface area contributed by atoms with Crippen LogP contribution in [-0.4, -0.2) is 9.78 Å². The van der Waals surface area contributed by atoms with Crippen LogP contribution in [0.3, 0.4) is 0 Å². The lowest BCUT2D eigenvalue weighted by atomic mass is 10.1. The summed E-state index contributed by atoms with van der Waals surface area (Å²) in [5.74, 6) is -0.268. The van der Waals surface area contributed by atoms with E-state index >= 15 is 0 Å². The Bertz CT molecular complexity index is 783. The highest BCUT2D eigenvalue weighted by molar-refractivity contribution is 9.10. The van der Waals surface area contributed by atoms with Gasteiger partial charge in [0.15, 0.2) is 0 Å². The number of nitrogen functional groups attached to an aromatic ring is 1. The van der Waals surface area contributed by atoms with Crippen molar-refractivity contribution in [1.29, 1.82) is 0 Å². The van der Waals surface area contributed by atoms with Crippen molar-refractivity contribution in [3.63, 3.8) is 0 Å². The SMILES string of the molecule is Nc1cccc(-c2cnn(Cc3cccc(F)c3Br)c2)c1. The van der Waals surface area contributed by atoms with E-state index in [0.717, 1.165) is 16.7 Å². The number of halogens is 2. The van der Waals surface area contributed by atoms with Gasteiger partial charge in [-0.15, -0.1) is 0 Å². The van der Waals surface area contributed by atoms with E-state index in [4.69, 9.17) is 5.73 Å². The van der Waals surface area contributed by atoms with Gasteiger partial charge in [-0.1, -0.05) is 24.3 Å². The first-order valence-electron chi connectivity index (χ1n) is 6.45. The molecule has 0 atom stereocenters. The van der Waals surface area contributed by atoms with Gasteiger partial charge in [-0.3, -0.25) is 4.68 Å². The van der Waals surface area contributed by atoms with E-state index in [1.54, 1.807) is 16.9 Å². The zero-order chi connectivity index (χ0) is 14.8. The third-order valence-corrected chi connectivity index (χ3v) is 4.11. The lowest BCUT2D eigenvalue weighted by Crippen LogP contribution is -2.01. The Labute approximate surface area is 130 Å². The van der Waals surface area contributed by atoms with E-state index in [1.165, 1.54) is 6.07 Å². The second-order valence-corrected chi connectivity index (χ2v) is 5.56. The Morgan fingerprint density at radius 3 is 2.76 bits per heavy atom. The van der Waals surface area contributed by atoms with Gasteiger partial charge in [-0.25, -0.2) is 4.39 Å². The monoisotopic (exact) mass is 345 g/mol. The molecule has 0 aliphatic rings. The predicted molar refractivity (Wildman–Crippen MR) is 85.3 cm³/mol. The first-order valence-corrected chi connectivity index (χ1v) is 7.24. The van der Waals surface area contributed by atoms with Crippen molar-refractivity contribution >= 4 is 21.6 Å². The van der Waals surface area contributed by atoms with Gasteiger partial charge in [0.2, 0.25) is 0 Å². The van der Waals surface area contributed by atoms with E-state index in [1.807, 2.05) is 36.5 Å². The first kappa shape index (κ1) is 13.8. The number of nitrogens with zero attached hydrogens (tertiary/aromatic N) is 2. The summed E-state index contributed by atoms with van der Waals surface area (Å²) in [4.78, 5) is 0. The topological polar surface area (TPSA) is 43.8 Å². The Morgan fingerprint density at radius 2 is 1.95 bits per heavy atom. The lowest BCUT2D eigenvalue weighted by molar-refractivity contribution is 0.611. The van der Waals surface area contributed by atoms with Crippen molar-refractivity contribution in [2.24, 2.45) is 0 Å². The van der Waals surface area contributed by atoms with Gasteiger partial charge in [-0.05, 0) is 45.3 Å². The van der Waals surface area contributed by atoms with Crippen LogP contribution in [0.25, 0.3) is 11.1 Å². The van der Waals surface area contributed by atoms with E-state index in [0.29, 0.717) is 16.7 Å². The smallest absolute Gasteiger partial charge is 0.137 e.